The summed E-state index contributed by atoms with van der Waals surface area (Å²) in [6.07, 6.45) is 37.4. The molecule has 0 fully saturated rings. The molecule has 0 saturated heterocycles. The molecule has 242 valence electrons. The van der Waals surface area contributed by atoms with Crippen molar-refractivity contribution < 1.29 is 0 Å². The summed E-state index contributed by atoms with van der Waals surface area (Å²) in [6.45, 7) is 9.23. The largest absolute Gasteiger partial charge is 0.238 e. The highest BCUT2D eigenvalue weighted by Crippen LogP contribution is 2.36. The third-order valence-electron chi connectivity index (χ3n) is 8.79. The SMILES string of the molecule is CCCCCCCCc1nc(-c2nc(CCCCCCCC)c(CCCCCCCC)s2)sc1CCCCCCCC. The average molecular weight is 617 g/mol. The Labute approximate surface area is 270 Å². The zero-order chi connectivity index (χ0) is 30.1. The number of thiazole rings is 2. The van der Waals surface area contributed by atoms with Crippen molar-refractivity contribution in [3.05, 3.63) is 21.1 Å². The Morgan fingerprint density at radius 1 is 0.333 bits per heavy atom. The molecule has 42 heavy (non-hydrogen) atoms. The fourth-order valence-corrected chi connectivity index (χ4v) is 8.33. The van der Waals surface area contributed by atoms with Crippen LogP contribution in [0.1, 0.15) is 203 Å². The van der Waals surface area contributed by atoms with E-state index < -0.39 is 0 Å². The van der Waals surface area contributed by atoms with E-state index in [0.29, 0.717) is 0 Å². The van der Waals surface area contributed by atoms with E-state index in [0.717, 1.165) is 12.8 Å². The molecule has 0 N–H and O–H groups in total. The number of rotatable bonds is 29. The van der Waals surface area contributed by atoms with E-state index in [2.05, 4.69) is 27.7 Å². The second-order valence-electron chi connectivity index (χ2n) is 12.8. The smallest absolute Gasteiger partial charge is 0.152 e. The van der Waals surface area contributed by atoms with Crippen molar-refractivity contribution in [1.82, 2.24) is 9.97 Å². The van der Waals surface area contributed by atoms with Crippen molar-refractivity contribution in [2.24, 2.45) is 0 Å². The number of hydrogen-bond donors (Lipinski definition) is 0. The zero-order valence-corrected chi connectivity index (χ0v) is 30.1. The summed E-state index contributed by atoms with van der Waals surface area (Å²) in [4.78, 5) is 13.8. The van der Waals surface area contributed by atoms with Crippen molar-refractivity contribution in [1.29, 1.82) is 0 Å². The van der Waals surface area contributed by atoms with Gasteiger partial charge in [-0.15, -0.1) is 22.7 Å². The first-order valence-electron chi connectivity index (χ1n) is 18.7. The van der Waals surface area contributed by atoms with Crippen LogP contribution in [0.3, 0.4) is 0 Å². The van der Waals surface area contributed by atoms with Crippen molar-refractivity contribution in [3.8, 4) is 10.0 Å². The van der Waals surface area contributed by atoms with Gasteiger partial charge in [-0.25, -0.2) is 9.97 Å². The van der Waals surface area contributed by atoms with Crippen molar-refractivity contribution in [2.45, 2.75) is 207 Å². The maximum Gasteiger partial charge on any atom is 0.152 e. The fraction of sp³-hybridized carbons (Fsp3) is 0.842. The van der Waals surface area contributed by atoms with E-state index in [4.69, 9.17) is 9.97 Å². The summed E-state index contributed by atoms with van der Waals surface area (Å²) in [5, 5.41) is 2.45. The van der Waals surface area contributed by atoms with Crippen LogP contribution in [-0.2, 0) is 25.7 Å². The highest BCUT2D eigenvalue weighted by Gasteiger charge is 2.18. The molecule has 0 aliphatic carbocycles. The first kappa shape index (κ1) is 37.4. The maximum atomic E-state index is 5.32. The van der Waals surface area contributed by atoms with Gasteiger partial charge in [0.15, 0.2) is 10.0 Å². The van der Waals surface area contributed by atoms with Gasteiger partial charge >= 0.3 is 0 Å². The van der Waals surface area contributed by atoms with Crippen LogP contribution in [0.15, 0.2) is 0 Å². The highest BCUT2D eigenvalue weighted by atomic mass is 32.1. The first-order valence-corrected chi connectivity index (χ1v) is 20.3. The lowest BCUT2D eigenvalue weighted by molar-refractivity contribution is 0.598. The normalized spacial score (nSPS) is 11.6. The van der Waals surface area contributed by atoms with E-state index in [1.807, 2.05) is 22.7 Å². The number of nitrogens with zero attached hydrogens (tertiary/aromatic N) is 2. The van der Waals surface area contributed by atoms with Crippen molar-refractivity contribution >= 4 is 22.7 Å². The Morgan fingerprint density at radius 3 is 0.905 bits per heavy atom. The average Bonchev–Trinajstić information content (AvgIpc) is 3.60. The number of hydrogen-bond acceptors (Lipinski definition) is 4. The molecule has 0 bridgehead atoms. The minimum atomic E-state index is 1.16. The molecule has 0 atom stereocenters. The standard InChI is InChI=1S/C38H68N2S2/c1-5-9-13-17-21-25-29-33-35(31-27-23-19-15-11-7-3)41-37(39-33)38-40-34(30-26-22-18-14-10-6-2)36(42-38)32-28-24-20-16-12-8-4/h5-32H2,1-4H3. The van der Waals surface area contributed by atoms with Gasteiger partial charge in [0.05, 0.1) is 11.4 Å². The van der Waals surface area contributed by atoms with Crippen LogP contribution in [0, 0.1) is 0 Å². The van der Waals surface area contributed by atoms with Gasteiger partial charge in [0.25, 0.3) is 0 Å². The van der Waals surface area contributed by atoms with E-state index in [1.165, 1.54) is 188 Å². The molecule has 2 aromatic heterocycles. The van der Waals surface area contributed by atoms with Gasteiger partial charge in [0, 0.05) is 9.75 Å². The summed E-state index contributed by atoms with van der Waals surface area (Å²) in [5.74, 6) is 0. The lowest BCUT2D eigenvalue weighted by Crippen LogP contribution is -1.94. The van der Waals surface area contributed by atoms with Gasteiger partial charge in [-0.05, 0) is 51.4 Å². The molecule has 0 unspecified atom stereocenters. The molecule has 0 radical (unpaired) electrons. The zero-order valence-electron chi connectivity index (χ0n) is 28.5. The van der Waals surface area contributed by atoms with Crippen LogP contribution in [0.5, 0.6) is 0 Å². The Hall–Kier alpha value is -0.740. The summed E-state index contributed by atoms with van der Waals surface area (Å²) < 4.78 is 0. The van der Waals surface area contributed by atoms with E-state index >= 15 is 0 Å². The molecule has 0 aliphatic rings. The molecule has 2 rings (SSSR count). The summed E-state index contributed by atoms with van der Waals surface area (Å²) >= 11 is 3.97. The Kier molecular flexibility index (Phi) is 22.8. The molecular formula is C38H68N2S2. The van der Waals surface area contributed by atoms with Gasteiger partial charge in [-0.3, -0.25) is 0 Å². The van der Waals surface area contributed by atoms with E-state index in [9.17, 15) is 0 Å². The Morgan fingerprint density at radius 2 is 0.595 bits per heavy atom. The quantitative estimate of drug-likeness (QED) is 0.0850. The van der Waals surface area contributed by atoms with E-state index in [-0.39, 0.29) is 0 Å². The molecule has 2 heterocycles. The monoisotopic (exact) mass is 616 g/mol. The Balaban J connectivity index is 2.09. The molecule has 0 amide bonds. The van der Waals surface area contributed by atoms with Gasteiger partial charge < -0.3 is 0 Å². The molecule has 2 aromatic rings. The van der Waals surface area contributed by atoms with Gasteiger partial charge in [-0.2, -0.15) is 0 Å². The van der Waals surface area contributed by atoms with Crippen molar-refractivity contribution in [2.75, 3.05) is 0 Å². The predicted molar refractivity (Wildman–Crippen MR) is 192 cm³/mol. The van der Waals surface area contributed by atoms with Crippen molar-refractivity contribution in [3.63, 3.8) is 0 Å². The highest BCUT2D eigenvalue weighted by molar-refractivity contribution is 7.21. The molecule has 0 saturated carbocycles. The molecule has 0 aliphatic heterocycles. The van der Waals surface area contributed by atoms with Crippen LogP contribution < -0.4 is 0 Å². The van der Waals surface area contributed by atoms with Crippen LogP contribution in [-0.4, -0.2) is 9.97 Å². The predicted octanol–water partition coefficient (Wildman–Crippen LogP) is 13.9. The van der Waals surface area contributed by atoms with Crippen LogP contribution in [0.2, 0.25) is 0 Å². The topological polar surface area (TPSA) is 25.8 Å². The minimum absolute atomic E-state index is 1.16. The first-order chi connectivity index (χ1) is 20.7. The number of unbranched alkanes of at least 4 members (excludes halogenated alkanes) is 20. The maximum absolute atomic E-state index is 5.32. The lowest BCUT2D eigenvalue weighted by Gasteiger charge is -2.03. The number of aromatic nitrogens is 2. The lowest BCUT2D eigenvalue weighted by atomic mass is 10.1. The van der Waals surface area contributed by atoms with Gasteiger partial charge in [0.1, 0.15) is 0 Å². The molecule has 4 heteroatoms. The third kappa shape index (κ3) is 16.4. The Bertz CT molecular complexity index is 745. The van der Waals surface area contributed by atoms with E-state index in [1.54, 1.807) is 9.75 Å². The van der Waals surface area contributed by atoms with Crippen LogP contribution >= 0.6 is 22.7 Å². The summed E-state index contributed by atoms with van der Waals surface area (Å²) in [7, 11) is 0. The van der Waals surface area contributed by atoms with Crippen LogP contribution in [0.25, 0.3) is 10.0 Å². The third-order valence-corrected chi connectivity index (χ3v) is 11.2. The van der Waals surface area contributed by atoms with Gasteiger partial charge in [-0.1, -0.05) is 156 Å². The summed E-state index contributed by atoms with van der Waals surface area (Å²) in [6, 6.07) is 0. The minimum Gasteiger partial charge on any atom is -0.238 e. The second-order valence-corrected chi connectivity index (χ2v) is 15.0. The molecule has 0 aromatic carbocycles. The van der Waals surface area contributed by atoms with Crippen LogP contribution in [0.4, 0.5) is 0 Å². The summed E-state index contributed by atoms with van der Waals surface area (Å²) in [5.41, 5.74) is 2.81. The molecular weight excluding hydrogens is 549 g/mol. The molecule has 0 spiro atoms. The fourth-order valence-electron chi connectivity index (χ4n) is 6.01. The molecule has 2 nitrogen and oxygen atoms in total. The second kappa shape index (κ2) is 25.6. The van der Waals surface area contributed by atoms with Gasteiger partial charge in [0.2, 0.25) is 0 Å². The number of aryl methyl sites for hydroxylation is 4.